The molecule has 0 saturated carbocycles. The summed E-state index contributed by atoms with van der Waals surface area (Å²) in [6.07, 6.45) is 0. The molecule has 6 rings (SSSR count). The molecule has 0 bridgehead atoms. The highest BCUT2D eigenvalue weighted by Gasteiger charge is 2.43. The molecule has 0 radical (unpaired) electrons. The second-order valence-electron chi connectivity index (χ2n) is 7.88. The number of ether oxygens (including phenoxy) is 1. The molecule has 0 fully saturated rings. The first-order valence-corrected chi connectivity index (χ1v) is 10.4. The third-order valence-corrected chi connectivity index (χ3v) is 6.17. The standard InChI is InChI=1S/C29H20O2/c30-29(25-16-5-7-18-27(25)31-28-19-8-6-17-26(28)29)24-15-4-3-13-23(24)22-14-9-11-20-10-1-2-12-21(20)22/h1-19,30H. The molecule has 5 aromatic rings. The van der Waals surface area contributed by atoms with Crippen LogP contribution in [-0.2, 0) is 5.60 Å². The molecule has 148 valence electrons. The van der Waals surface area contributed by atoms with Crippen LogP contribution >= 0.6 is 0 Å². The number of benzene rings is 5. The van der Waals surface area contributed by atoms with Crippen molar-refractivity contribution in [1.82, 2.24) is 0 Å². The van der Waals surface area contributed by atoms with Crippen LogP contribution in [0.3, 0.4) is 0 Å². The molecular weight excluding hydrogens is 380 g/mol. The molecule has 1 N–H and O–H groups in total. The summed E-state index contributed by atoms with van der Waals surface area (Å²) in [6, 6.07) is 38.3. The smallest absolute Gasteiger partial charge is 0.148 e. The molecule has 0 amide bonds. The summed E-state index contributed by atoms with van der Waals surface area (Å²) < 4.78 is 6.15. The van der Waals surface area contributed by atoms with E-state index in [4.69, 9.17) is 4.74 Å². The number of hydrogen-bond donors (Lipinski definition) is 1. The van der Waals surface area contributed by atoms with Crippen LogP contribution in [0.15, 0.2) is 115 Å². The minimum Gasteiger partial charge on any atom is -0.457 e. The van der Waals surface area contributed by atoms with E-state index in [2.05, 4.69) is 48.5 Å². The monoisotopic (exact) mass is 400 g/mol. The minimum absolute atomic E-state index is 0.677. The second kappa shape index (κ2) is 6.83. The quantitative estimate of drug-likeness (QED) is 0.349. The molecule has 2 heteroatoms. The lowest BCUT2D eigenvalue weighted by Crippen LogP contribution is -2.33. The van der Waals surface area contributed by atoms with Crippen molar-refractivity contribution in [3.63, 3.8) is 0 Å². The van der Waals surface area contributed by atoms with Crippen LogP contribution in [-0.4, -0.2) is 5.11 Å². The van der Waals surface area contributed by atoms with Crippen molar-refractivity contribution in [3.8, 4) is 22.6 Å². The average molecular weight is 400 g/mol. The van der Waals surface area contributed by atoms with Gasteiger partial charge in [-0.1, -0.05) is 103 Å². The Hall–Kier alpha value is -3.88. The Morgan fingerprint density at radius 1 is 0.484 bits per heavy atom. The highest BCUT2D eigenvalue weighted by molar-refractivity contribution is 5.97. The Morgan fingerprint density at radius 3 is 1.74 bits per heavy atom. The van der Waals surface area contributed by atoms with E-state index in [0.29, 0.717) is 11.5 Å². The van der Waals surface area contributed by atoms with E-state index in [1.807, 2.05) is 66.7 Å². The summed E-state index contributed by atoms with van der Waals surface area (Å²) in [4.78, 5) is 0. The molecule has 2 nitrogen and oxygen atoms in total. The molecular formula is C29H20O2. The van der Waals surface area contributed by atoms with Gasteiger partial charge in [-0.2, -0.15) is 0 Å². The van der Waals surface area contributed by atoms with E-state index in [1.54, 1.807) is 0 Å². The summed E-state index contributed by atoms with van der Waals surface area (Å²) in [5.74, 6) is 1.35. The van der Waals surface area contributed by atoms with Gasteiger partial charge < -0.3 is 9.84 Å². The van der Waals surface area contributed by atoms with E-state index >= 15 is 0 Å². The topological polar surface area (TPSA) is 29.5 Å². The average Bonchev–Trinajstić information content (AvgIpc) is 2.84. The van der Waals surface area contributed by atoms with E-state index in [1.165, 1.54) is 5.39 Å². The van der Waals surface area contributed by atoms with E-state index in [0.717, 1.165) is 33.2 Å². The maximum atomic E-state index is 12.5. The van der Waals surface area contributed by atoms with Gasteiger partial charge in [0.15, 0.2) is 0 Å². The molecule has 0 unspecified atom stereocenters. The predicted molar refractivity (Wildman–Crippen MR) is 124 cm³/mol. The van der Waals surface area contributed by atoms with E-state index in [-0.39, 0.29) is 0 Å². The lowest BCUT2D eigenvalue weighted by molar-refractivity contribution is 0.113. The fourth-order valence-corrected chi connectivity index (χ4v) is 4.76. The van der Waals surface area contributed by atoms with Crippen molar-refractivity contribution in [2.75, 3.05) is 0 Å². The first kappa shape index (κ1) is 17.9. The lowest BCUT2D eigenvalue weighted by atomic mass is 9.75. The number of rotatable bonds is 2. The van der Waals surface area contributed by atoms with Crippen molar-refractivity contribution in [3.05, 3.63) is 132 Å². The number of fused-ring (bicyclic) bond motifs is 3. The Balaban J connectivity index is 1.70. The second-order valence-corrected chi connectivity index (χ2v) is 7.88. The number of hydrogen-bond acceptors (Lipinski definition) is 2. The maximum Gasteiger partial charge on any atom is 0.148 e. The van der Waals surface area contributed by atoms with Crippen LogP contribution in [0.1, 0.15) is 16.7 Å². The molecule has 0 aliphatic carbocycles. The van der Waals surface area contributed by atoms with Gasteiger partial charge >= 0.3 is 0 Å². The summed E-state index contributed by atoms with van der Waals surface area (Å²) in [6.45, 7) is 0. The Labute approximate surface area is 181 Å². The normalized spacial score (nSPS) is 13.8. The zero-order valence-corrected chi connectivity index (χ0v) is 16.8. The molecule has 0 aromatic heterocycles. The summed E-state index contributed by atoms with van der Waals surface area (Å²) in [5, 5.41) is 14.8. The van der Waals surface area contributed by atoms with Crippen LogP contribution in [0, 0.1) is 0 Å². The fraction of sp³-hybridized carbons (Fsp3) is 0.0345. The van der Waals surface area contributed by atoms with Gasteiger partial charge in [-0.05, 0) is 34.0 Å². The first-order valence-electron chi connectivity index (χ1n) is 10.4. The third-order valence-electron chi connectivity index (χ3n) is 6.17. The van der Waals surface area contributed by atoms with Gasteiger partial charge in [-0.25, -0.2) is 0 Å². The Morgan fingerprint density at radius 2 is 1.00 bits per heavy atom. The van der Waals surface area contributed by atoms with Crippen LogP contribution in [0.4, 0.5) is 0 Å². The number of aliphatic hydroxyl groups is 1. The minimum atomic E-state index is -1.33. The molecule has 0 atom stereocenters. The van der Waals surface area contributed by atoms with Crippen LogP contribution in [0.5, 0.6) is 11.5 Å². The molecule has 1 aliphatic heterocycles. The largest absolute Gasteiger partial charge is 0.457 e. The summed E-state index contributed by atoms with van der Waals surface area (Å²) >= 11 is 0. The molecule has 31 heavy (non-hydrogen) atoms. The summed E-state index contributed by atoms with van der Waals surface area (Å²) in [7, 11) is 0. The van der Waals surface area contributed by atoms with Crippen LogP contribution in [0.25, 0.3) is 21.9 Å². The SMILES string of the molecule is OC1(c2ccccc2-c2cccc3ccccc23)c2ccccc2Oc2ccccc21. The van der Waals surface area contributed by atoms with Gasteiger partial charge in [0.1, 0.15) is 17.1 Å². The van der Waals surface area contributed by atoms with E-state index < -0.39 is 5.60 Å². The molecule has 5 aromatic carbocycles. The Kier molecular flexibility index (Phi) is 3.95. The zero-order chi connectivity index (χ0) is 20.8. The Bertz CT molecular complexity index is 1380. The molecule has 1 aliphatic rings. The molecule has 0 spiro atoms. The van der Waals surface area contributed by atoms with Crippen LogP contribution in [0.2, 0.25) is 0 Å². The first-order chi connectivity index (χ1) is 15.3. The van der Waals surface area contributed by atoms with Gasteiger partial charge in [0.25, 0.3) is 0 Å². The lowest BCUT2D eigenvalue weighted by Gasteiger charge is -2.37. The third kappa shape index (κ3) is 2.62. The number of para-hydroxylation sites is 2. The van der Waals surface area contributed by atoms with Gasteiger partial charge in [0.05, 0.1) is 0 Å². The van der Waals surface area contributed by atoms with Crippen molar-refractivity contribution in [2.24, 2.45) is 0 Å². The highest BCUT2D eigenvalue weighted by Crippen LogP contribution is 2.52. The van der Waals surface area contributed by atoms with Crippen molar-refractivity contribution < 1.29 is 9.84 Å². The fourth-order valence-electron chi connectivity index (χ4n) is 4.76. The zero-order valence-electron chi connectivity index (χ0n) is 16.8. The van der Waals surface area contributed by atoms with Gasteiger partial charge in [0.2, 0.25) is 0 Å². The van der Waals surface area contributed by atoms with Gasteiger partial charge in [-0.3, -0.25) is 0 Å². The highest BCUT2D eigenvalue weighted by atomic mass is 16.5. The van der Waals surface area contributed by atoms with E-state index in [9.17, 15) is 5.11 Å². The maximum absolute atomic E-state index is 12.5. The van der Waals surface area contributed by atoms with Crippen molar-refractivity contribution in [1.29, 1.82) is 0 Å². The van der Waals surface area contributed by atoms with Crippen molar-refractivity contribution >= 4 is 10.8 Å². The van der Waals surface area contributed by atoms with Crippen molar-refractivity contribution in [2.45, 2.75) is 5.60 Å². The van der Waals surface area contributed by atoms with Gasteiger partial charge in [0, 0.05) is 16.7 Å². The van der Waals surface area contributed by atoms with Crippen LogP contribution < -0.4 is 4.74 Å². The summed E-state index contributed by atoms with van der Waals surface area (Å²) in [5.41, 5.74) is 3.12. The predicted octanol–water partition coefficient (Wildman–Crippen LogP) is 6.90. The van der Waals surface area contributed by atoms with Gasteiger partial charge in [-0.15, -0.1) is 0 Å². The molecule has 0 saturated heterocycles. The molecule has 1 heterocycles.